The maximum Gasteiger partial charge on any atom is 0.418 e. The molecule has 1 aliphatic heterocycles. The summed E-state index contributed by atoms with van der Waals surface area (Å²) in [6, 6.07) is 4.64. The average molecular weight is 532 g/mol. The second-order valence-electron chi connectivity index (χ2n) is 9.28. The number of aliphatic hydroxyl groups excluding tert-OH is 1. The van der Waals surface area contributed by atoms with Gasteiger partial charge >= 0.3 is 12.4 Å². The monoisotopic (exact) mass is 532 g/mol. The predicted molar refractivity (Wildman–Crippen MR) is 117 cm³/mol. The van der Waals surface area contributed by atoms with Crippen molar-refractivity contribution in [1.29, 1.82) is 0 Å². The van der Waals surface area contributed by atoms with Crippen molar-refractivity contribution in [3.8, 4) is 0 Å². The summed E-state index contributed by atoms with van der Waals surface area (Å²) in [6.07, 6.45) is -10.5. The van der Waals surface area contributed by atoms with E-state index in [1.54, 1.807) is 0 Å². The molecule has 2 aromatic rings. The number of hydrogen-bond acceptors (Lipinski definition) is 3. The van der Waals surface area contributed by atoms with Crippen LogP contribution in [0.15, 0.2) is 42.5 Å². The number of nitrogens with zero attached hydrogens (tertiary/aromatic N) is 1. The zero-order chi connectivity index (χ0) is 27.1. The molecule has 1 heterocycles. The van der Waals surface area contributed by atoms with E-state index in [0.29, 0.717) is 25.3 Å². The molecule has 1 saturated carbocycles. The molecule has 2 aromatic carbocycles. The lowest BCUT2D eigenvalue weighted by molar-refractivity contribution is -0.206. The van der Waals surface area contributed by atoms with Crippen LogP contribution in [-0.4, -0.2) is 40.6 Å². The van der Waals surface area contributed by atoms with Crippen LogP contribution in [0.5, 0.6) is 0 Å². The molecule has 0 spiro atoms. The van der Waals surface area contributed by atoms with Gasteiger partial charge in [-0.25, -0.2) is 4.39 Å². The number of carbonyl (C=O) groups excluding carboxylic acids is 2. The fourth-order valence-corrected chi connectivity index (χ4v) is 4.56. The summed E-state index contributed by atoms with van der Waals surface area (Å²) in [7, 11) is 0. The summed E-state index contributed by atoms with van der Waals surface area (Å²) < 4.78 is 92.1. The minimum atomic E-state index is -4.93. The minimum Gasteiger partial charge on any atom is -0.379 e. The maximum absolute atomic E-state index is 14.6. The van der Waals surface area contributed by atoms with Crippen LogP contribution in [-0.2, 0) is 11.0 Å². The molecular formula is C25H23F7N2O3. The second kappa shape index (κ2) is 9.96. The van der Waals surface area contributed by atoms with Crippen LogP contribution >= 0.6 is 0 Å². The van der Waals surface area contributed by atoms with Crippen molar-refractivity contribution < 1.29 is 45.4 Å². The highest BCUT2D eigenvalue weighted by Crippen LogP contribution is 2.43. The van der Waals surface area contributed by atoms with E-state index in [1.807, 2.05) is 0 Å². The van der Waals surface area contributed by atoms with Crippen LogP contribution < -0.4 is 5.32 Å². The molecule has 2 fully saturated rings. The summed E-state index contributed by atoms with van der Waals surface area (Å²) in [6.45, 7) is 0.145. The van der Waals surface area contributed by atoms with Crippen LogP contribution in [0.2, 0.25) is 0 Å². The Labute approximate surface area is 207 Å². The number of benzene rings is 2. The number of alkyl halides is 6. The van der Waals surface area contributed by atoms with E-state index in [2.05, 4.69) is 5.32 Å². The number of aliphatic hydroxyl groups is 1. The molecule has 12 heteroatoms. The summed E-state index contributed by atoms with van der Waals surface area (Å²) in [5.74, 6) is -2.63. The molecule has 3 atom stereocenters. The molecule has 2 N–H and O–H groups in total. The Hall–Kier alpha value is -3.15. The Kier molecular flexibility index (Phi) is 7.24. The summed E-state index contributed by atoms with van der Waals surface area (Å²) in [5, 5.41) is 12.2. The molecule has 200 valence electrons. The van der Waals surface area contributed by atoms with Crippen molar-refractivity contribution in [3.63, 3.8) is 0 Å². The van der Waals surface area contributed by atoms with E-state index in [1.165, 1.54) is 17.0 Å². The van der Waals surface area contributed by atoms with E-state index in [9.17, 15) is 45.4 Å². The number of nitrogens with one attached hydrogen (secondary N) is 1. The van der Waals surface area contributed by atoms with Crippen LogP contribution in [0.25, 0.3) is 0 Å². The van der Waals surface area contributed by atoms with Crippen molar-refractivity contribution in [1.82, 2.24) is 10.2 Å². The molecule has 4 rings (SSSR count). The molecule has 1 saturated heterocycles. The molecule has 2 aliphatic rings. The molecule has 2 amide bonds. The number of hydrogen-bond donors (Lipinski definition) is 2. The number of likely N-dealkylation sites (tertiary alicyclic amines) is 1. The van der Waals surface area contributed by atoms with Crippen LogP contribution in [0, 0.1) is 11.7 Å². The first-order valence-corrected chi connectivity index (χ1v) is 11.6. The Balaban J connectivity index is 1.52. The van der Waals surface area contributed by atoms with E-state index in [4.69, 9.17) is 0 Å². The first kappa shape index (κ1) is 26.9. The van der Waals surface area contributed by atoms with Gasteiger partial charge in [-0.15, -0.1) is 0 Å². The predicted octanol–water partition coefficient (Wildman–Crippen LogP) is 5.31. The van der Waals surface area contributed by atoms with Gasteiger partial charge in [0.1, 0.15) is 11.9 Å². The summed E-state index contributed by atoms with van der Waals surface area (Å²) >= 11 is 0. The van der Waals surface area contributed by atoms with Gasteiger partial charge in [-0.3, -0.25) is 9.59 Å². The van der Waals surface area contributed by atoms with Crippen LogP contribution in [0.3, 0.4) is 0 Å². The topological polar surface area (TPSA) is 69.6 Å². The van der Waals surface area contributed by atoms with Crippen LogP contribution in [0.4, 0.5) is 30.7 Å². The van der Waals surface area contributed by atoms with Gasteiger partial charge in [0.15, 0.2) is 6.10 Å². The minimum absolute atomic E-state index is 0.0893. The smallest absolute Gasteiger partial charge is 0.379 e. The molecule has 0 aromatic heterocycles. The van der Waals surface area contributed by atoms with Gasteiger partial charge in [0, 0.05) is 17.7 Å². The highest BCUT2D eigenvalue weighted by Gasteiger charge is 2.42. The highest BCUT2D eigenvalue weighted by molar-refractivity contribution is 5.98. The lowest BCUT2D eigenvalue weighted by atomic mass is 9.99. The maximum atomic E-state index is 14.6. The van der Waals surface area contributed by atoms with Gasteiger partial charge in [-0.1, -0.05) is 18.2 Å². The SMILES string of the molecule is O=C(N[C@@H](c1ccc(C(F)(F)F)cc1F)C1CC1)[C@H]1CCCN1C(=O)c1cccc(C(O)C(F)(F)F)c1. The van der Waals surface area contributed by atoms with E-state index in [0.717, 1.165) is 24.3 Å². The van der Waals surface area contributed by atoms with Gasteiger partial charge in [-0.2, -0.15) is 26.3 Å². The fourth-order valence-electron chi connectivity index (χ4n) is 4.56. The van der Waals surface area contributed by atoms with Crippen molar-refractivity contribution in [3.05, 3.63) is 70.5 Å². The lowest BCUT2D eigenvalue weighted by Crippen LogP contribution is -2.47. The van der Waals surface area contributed by atoms with Crippen molar-refractivity contribution in [2.75, 3.05) is 6.54 Å². The van der Waals surface area contributed by atoms with Gasteiger partial charge < -0.3 is 15.3 Å². The fraction of sp³-hybridized carbons (Fsp3) is 0.440. The lowest BCUT2D eigenvalue weighted by Gasteiger charge is -2.27. The Bertz CT molecular complexity index is 1180. The van der Waals surface area contributed by atoms with Crippen molar-refractivity contribution >= 4 is 11.8 Å². The molecule has 5 nitrogen and oxygen atoms in total. The number of halogens is 7. The highest BCUT2D eigenvalue weighted by atomic mass is 19.4. The molecule has 0 radical (unpaired) electrons. The van der Waals surface area contributed by atoms with Crippen molar-refractivity contribution in [2.45, 2.75) is 56.2 Å². The largest absolute Gasteiger partial charge is 0.418 e. The molecule has 1 aliphatic carbocycles. The van der Waals surface area contributed by atoms with E-state index >= 15 is 0 Å². The zero-order valence-corrected chi connectivity index (χ0v) is 19.2. The standard InChI is InChI=1S/C25H23F7N2O3/c26-18-12-16(24(27,28)29)8-9-17(18)20(13-6-7-13)33-22(36)19-5-2-10-34(19)23(37)15-4-1-3-14(11-15)21(35)25(30,31)32/h1,3-4,8-9,11-13,19-21,35H,2,5-7,10H2,(H,33,36)/t19-,20-,21?/m1/s1. The third kappa shape index (κ3) is 5.89. The van der Waals surface area contributed by atoms with E-state index in [-0.39, 0.29) is 30.0 Å². The summed E-state index contributed by atoms with van der Waals surface area (Å²) in [4.78, 5) is 27.4. The first-order valence-electron chi connectivity index (χ1n) is 11.6. The average Bonchev–Trinajstić information content (AvgIpc) is 3.55. The molecular weight excluding hydrogens is 509 g/mol. The normalized spacial score (nSPS) is 20.0. The zero-order valence-electron chi connectivity index (χ0n) is 19.2. The summed E-state index contributed by atoms with van der Waals surface area (Å²) in [5.41, 5.74) is -1.91. The Morgan fingerprint density at radius 1 is 1.00 bits per heavy atom. The van der Waals surface area contributed by atoms with E-state index < -0.39 is 59.3 Å². The number of amides is 2. The molecule has 37 heavy (non-hydrogen) atoms. The second-order valence-corrected chi connectivity index (χ2v) is 9.28. The molecule has 1 unspecified atom stereocenters. The van der Waals surface area contributed by atoms with Gasteiger partial charge in [0.2, 0.25) is 5.91 Å². The first-order chi connectivity index (χ1) is 17.3. The Morgan fingerprint density at radius 2 is 1.70 bits per heavy atom. The Morgan fingerprint density at radius 3 is 2.30 bits per heavy atom. The van der Waals surface area contributed by atoms with Gasteiger partial charge in [0.25, 0.3) is 5.91 Å². The third-order valence-corrected chi connectivity index (χ3v) is 6.63. The quantitative estimate of drug-likeness (QED) is 0.496. The van der Waals surface area contributed by atoms with Gasteiger partial charge in [-0.05, 0) is 61.4 Å². The van der Waals surface area contributed by atoms with Gasteiger partial charge in [0.05, 0.1) is 11.6 Å². The molecule has 0 bridgehead atoms. The van der Waals surface area contributed by atoms with Crippen molar-refractivity contribution in [2.24, 2.45) is 5.92 Å². The third-order valence-electron chi connectivity index (χ3n) is 6.63. The number of carbonyl (C=O) groups is 2. The number of rotatable bonds is 6. The van der Waals surface area contributed by atoms with Crippen LogP contribution in [0.1, 0.15) is 64.9 Å².